The van der Waals surface area contributed by atoms with Crippen LogP contribution in [-0.4, -0.2) is 15.5 Å². The van der Waals surface area contributed by atoms with Crippen molar-refractivity contribution in [1.29, 1.82) is 0 Å². The SMILES string of the molecule is Cc1cc(C)n(CCCC(=O)Nc2ccc(N)cc2)c(=O)n1. The van der Waals surface area contributed by atoms with Crippen molar-refractivity contribution in [3.8, 4) is 0 Å². The van der Waals surface area contributed by atoms with Crippen LogP contribution in [0.4, 0.5) is 11.4 Å². The Morgan fingerprint density at radius 1 is 1.27 bits per heavy atom. The van der Waals surface area contributed by atoms with Gasteiger partial charge >= 0.3 is 5.69 Å². The smallest absolute Gasteiger partial charge is 0.347 e. The minimum atomic E-state index is -0.267. The van der Waals surface area contributed by atoms with E-state index < -0.39 is 0 Å². The number of hydrogen-bond acceptors (Lipinski definition) is 4. The van der Waals surface area contributed by atoms with Gasteiger partial charge in [0.25, 0.3) is 0 Å². The van der Waals surface area contributed by atoms with Gasteiger partial charge in [0.2, 0.25) is 5.91 Å². The van der Waals surface area contributed by atoms with Gasteiger partial charge < -0.3 is 11.1 Å². The van der Waals surface area contributed by atoms with E-state index in [2.05, 4.69) is 10.3 Å². The second kappa shape index (κ2) is 6.89. The fraction of sp³-hybridized carbons (Fsp3) is 0.312. The molecule has 0 fully saturated rings. The van der Waals surface area contributed by atoms with Crippen molar-refractivity contribution in [3.63, 3.8) is 0 Å². The molecule has 1 heterocycles. The molecular weight excluding hydrogens is 280 g/mol. The molecule has 22 heavy (non-hydrogen) atoms. The van der Waals surface area contributed by atoms with Crippen LogP contribution in [0.5, 0.6) is 0 Å². The molecule has 2 aromatic rings. The maximum absolute atomic E-state index is 11.9. The minimum absolute atomic E-state index is 0.0875. The highest BCUT2D eigenvalue weighted by Gasteiger charge is 2.06. The Morgan fingerprint density at radius 2 is 1.95 bits per heavy atom. The second-order valence-electron chi connectivity index (χ2n) is 5.25. The molecule has 3 N–H and O–H groups in total. The van der Waals surface area contributed by atoms with Crippen LogP contribution in [0.2, 0.25) is 0 Å². The fourth-order valence-corrected chi connectivity index (χ4v) is 2.23. The Bertz CT molecular complexity index is 720. The van der Waals surface area contributed by atoms with E-state index in [4.69, 9.17) is 5.73 Å². The van der Waals surface area contributed by atoms with Gasteiger partial charge in [-0.05, 0) is 50.6 Å². The van der Waals surface area contributed by atoms with Crippen molar-refractivity contribution in [2.45, 2.75) is 33.2 Å². The van der Waals surface area contributed by atoms with Crippen molar-refractivity contribution in [1.82, 2.24) is 9.55 Å². The van der Waals surface area contributed by atoms with Crippen molar-refractivity contribution < 1.29 is 4.79 Å². The normalized spacial score (nSPS) is 10.5. The number of amides is 1. The van der Waals surface area contributed by atoms with Gasteiger partial charge in [0, 0.05) is 35.7 Å². The topological polar surface area (TPSA) is 90.0 Å². The second-order valence-corrected chi connectivity index (χ2v) is 5.25. The number of nitrogens with one attached hydrogen (secondary N) is 1. The molecule has 6 heteroatoms. The number of aryl methyl sites for hydroxylation is 2. The lowest BCUT2D eigenvalue weighted by Gasteiger charge is -2.10. The van der Waals surface area contributed by atoms with Crippen LogP contribution in [0.1, 0.15) is 24.2 Å². The standard InChI is InChI=1S/C16H20N4O2/c1-11-10-12(2)20(16(22)18-11)9-3-4-15(21)19-14-7-5-13(17)6-8-14/h5-8,10H,3-4,9,17H2,1-2H3,(H,19,21). The highest BCUT2D eigenvalue weighted by atomic mass is 16.2. The Balaban J connectivity index is 1.87. The Hall–Kier alpha value is -2.63. The molecule has 1 aromatic heterocycles. The van der Waals surface area contributed by atoms with E-state index in [-0.39, 0.29) is 11.6 Å². The van der Waals surface area contributed by atoms with Gasteiger partial charge in [0.05, 0.1) is 0 Å². The summed E-state index contributed by atoms with van der Waals surface area (Å²) >= 11 is 0. The lowest BCUT2D eigenvalue weighted by atomic mass is 10.2. The summed E-state index contributed by atoms with van der Waals surface area (Å²) in [5.74, 6) is -0.0875. The van der Waals surface area contributed by atoms with Gasteiger partial charge in [0.1, 0.15) is 0 Å². The average Bonchev–Trinajstić information content (AvgIpc) is 2.44. The molecule has 1 amide bonds. The van der Waals surface area contributed by atoms with Crippen LogP contribution in [0, 0.1) is 13.8 Å². The van der Waals surface area contributed by atoms with E-state index in [9.17, 15) is 9.59 Å². The number of carbonyl (C=O) groups excluding carboxylic acids is 1. The molecular formula is C16H20N4O2. The van der Waals surface area contributed by atoms with E-state index in [1.54, 1.807) is 35.8 Å². The molecule has 116 valence electrons. The number of nitrogens with two attached hydrogens (primary N) is 1. The first-order valence-electron chi connectivity index (χ1n) is 7.16. The zero-order chi connectivity index (χ0) is 16.1. The molecule has 0 aliphatic carbocycles. The Labute approximate surface area is 129 Å². The Morgan fingerprint density at radius 3 is 2.59 bits per heavy atom. The molecule has 0 unspecified atom stereocenters. The monoisotopic (exact) mass is 300 g/mol. The third kappa shape index (κ3) is 4.18. The third-order valence-electron chi connectivity index (χ3n) is 3.33. The zero-order valence-corrected chi connectivity index (χ0v) is 12.8. The average molecular weight is 300 g/mol. The molecule has 0 saturated carbocycles. The summed E-state index contributed by atoms with van der Waals surface area (Å²) in [6.45, 7) is 4.14. The van der Waals surface area contributed by atoms with Crippen LogP contribution in [0.3, 0.4) is 0 Å². The van der Waals surface area contributed by atoms with Crippen molar-refractivity contribution >= 4 is 17.3 Å². The molecule has 1 aromatic carbocycles. The number of carbonyl (C=O) groups is 1. The van der Waals surface area contributed by atoms with Gasteiger partial charge in [-0.2, -0.15) is 4.98 Å². The van der Waals surface area contributed by atoms with E-state index in [0.717, 1.165) is 5.69 Å². The quantitative estimate of drug-likeness (QED) is 0.825. The molecule has 2 rings (SSSR count). The highest BCUT2D eigenvalue weighted by Crippen LogP contribution is 2.11. The fourth-order valence-electron chi connectivity index (χ4n) is 2.23. The minimum Gasteiger partial charge on any atom is -0.399 e. The van der Waals surface area contributed by atoms with Crippen LogP contribution in [0.25, 0.3) is 0 Å². The predicted octanol–water partition coefficient (Wildman–Crippen LogP) is 1.86. The Kier molecular flexibility index (Phi) is 4.93. The number of benzene rings is 1. The number of rotatable bonds is 5. The summed E-state index contributed by atoms with van der Waals surface area (Å²) in [5.41, 5.74) is 8.25. The van der Waals surface area contributed by atoms with Crippen molar-refractivity contribution in [3.05, 3.63) is 52.2 Å². The molecule has 0 aliphatic rings. The van der Waals surface area contributed by atoms with Gasteiger partial charge in [-0.3, -0.25) is 9.36 Å². The molecule has 6 nitrogen and oxygen atoms in total. The van der Waals surface area contributed by atoms with Gasteiger partial charge in [-0.25, -0.2) is 4.79 Å². The lowest BCUT2D eigenvalue weighted by Crippen LogP contribution is -2.26. The predicted molar refractivity (Wildman–Crippen MR) is 86.7 cm³/mol. The number of nitrogen functional groups attached to an aromatic ring is 1. The first-order chi connectivity index (χ1) is 10.5. The first-order valence-corrected chi connectivity index (χ1v) is 7.16. The van der Waals surface area contributed by atoms with Crippen LogP contribution >= 0.6 is 0 Å². The molecule has 0 bridgehead atoms. The summed E-state index contributed by atoms with van der Waals surface area (Å²) in [5, 5.41) is 2.80. The third-order valence-corrected chi connectivity index (χ3v) is 3.33. The lowest BCUT2D eigenvalue weighted by molar-refractivity contribution is -0.116. The maximum Gasteiger partial charge on any atom is 0.347 e. The molecule has 0 atom stereocenters. The van der Waals surface area contributed by atoms with Crippen LogP contribution in [-0.2, 0) is 11.3 Å². The molecule has 0 aliphatic heterocycles. The van der Waals surface area contributed by atoms with E-state index in [0.29, 0.717) is 36.5 Å². The molecule has 0 saturated heterocycles. The van der Waals surface area contributed by atoms with Crippen molar-refractivity contribution in [2.75, 3.05) is 11.1 Å². The van der Waals surface area contributed by atoms with Crippen molar-refractivity contribution in [2.24, 2.45) is 0 Å². The summed E-state index contributed by atoms with van der Waals surface area (Å²) in [7, 11) is 0. The summed E-state index contributed by atoms with van der Waals surface area (Å²) < 4.78 is 1.59. The molecule has 0 spiro atoms. The number of hydrogen-bond donors (Lipinski definition) is 2. The summed E-state index contributed by atoms with van der Waals surface area (Å²) in [4.78, 5) is 27.6. The van der Waals surface area contributed by atoms with Gasteiger partial charge in [0.15, 0.2) is 0 Å². The first kappa shape index (κ1) is 15.8. The summed E-state index contributed by atoms with van der Waals surface area (Å²) in [6, 6.07) is 8.83. The van der Waals surface area contributed by atoms with Crippen LogP contribution < -0.4 is 16.7 Å². The number of anilines is 2. The van der Waals surface area contributed by atoms with Gasteiger partial charge in [-0.1, -0.05) is 0 Å². The molecule has 0 radical (unpaired) electrons. The van der Waals surface area contributed by atoms with Gasteiger partial charge in [-0.15, -0.1) is 0 Å². The largest absolute Gasteiger partial charge is 0.399 e. The maximum atomic E-state index is 11.9. The van der Waals surface area contributed by atoms with Crippen LogP contribution in [0.15, 0.2) is 35.1 Å². The van der Waals surface area contributed by atoms with E-state index >= 15 is 0 Å². The zero-order valence-electron chi connectivity index (χ0n) is 12.8. The summed E-state index contributed by atoms with van der Waals surface area (Å²) in [6.07, 6.45) is 0.913. The number of aromatic nitrogens is 2. The highest BCUT2D eigenvalue weighted by molar-refractivity contribution is 5.90. The van der Waals surface area contributed by atoms with E-state index in [1.807, 2.05) is 13.0 Å². The van der Waals surface area contributed by atoms with E-state index in [1.165, 1.54) is 0 Å². The number of nitrogens with zero attached hydrogens (tertiary/aromatic N) is 2.